The van der Waals surface area contributed by atoms with Gasteiger partial charge in [-0.3, -0.25) is 0 Å². The number of benzene rings is 2. The van der Waals surface area contributed by atoms with Gasteiger partial charge in [-0.25, -0.2) is 31.5 Å². The molecule has 3 fully saturated rings. The minimum Gasteiger partial charge on any atom is -0.381 e. The van der Waals surface area contributed by atoms with Crippen molar-refractivity contribution >= 4 is 51.8 Å². The first-order valence-electron chi connectivity index (χ1n) is 18.5. The van der Waals surface area contributed by atoms with Crippen molar-refractivity contribution < 1.29 is 26.3 Å². The van der Waals surface area contributed by atoms with Crippen molar-refractivity contribution in [2.75, 3.05) is 26.4 Å². The number of aromatic nitrogens is 4. The Bertz CT molecular complexity index is 2100. The molecule has 0 atom stereocenters. The van der Waals surface area contributed by atoms with Crippen molar-refractivity contribution in [2.45, 2.75) is 126 Å². The quantitative estimate of drug-likeness (QED) is 0.185. The number of nitrogens with one attached hydrogen (secondary N) is 1. The molecule has 7 rings (SSSR count). The molecule has 2 aromatic carbocycles. The molecule has 4 aromatic rings. The normalized spacial score (nSPS) is 18.8. The SMILES string of the molecule is CC(C)(C)c1nc2cc(S(=O)(=O)Cl)ccc2n1CC1CCOCC1.CC(C)(C)c1nc2cc(S(=O)(=O)NC3CCC3)ccc2n1CC1CCOCC1. The van der Waals surface area contributed by atoms with E-state index >= 15 is 0 Å². The highest BCUT2D eigenvalue weighted by molar-refractivity contribution is 8.13. The third-order valence-corrected chi connectivity index (χ3v) is 13.2. The molecule has 14 heteroatoms. The van der Waals surface area contributed by atoms with Gasteiger partial charge in [-0.15, -0.1) is 0 Å². The van der Waals surface area contributed by atoms with E-state index in [4.69, 9.17) is 30.1 Å². The number of nitrogens with zero attached hydrogens (tertiary/aromatic N) is 4. The Hall–Kier alpha value is -2.55. The molecule has 4 heterocycles. The van der Waals surface area contributed by atoms with Gasteiger partial charge < -0.3 is 18.6 Å². The zero-order valence-electron chi connectivity index (χ0n) is 31.3. The fraction of sp³-hybridized carbons (Fsp3) is 0.632. The molecular weight excluding hydrogens is 722 g/mol. The predicted molar refractivity (Wildman–Crippen MR) is 205 cm³/mol. The van der Waals surface area contributed by atoms with Crippen molar-refractivity contribution in [2.24, 2.45) is 11.8 Å². The molecule has 52 heavy (non-hydrogen) atoms. The minimum atomic E-state index is -3.75. The Labute approximate surface area is 313 Å². The van der Waals surface area contributed by atoms with Crippen LogP contribution in [0.2, 0.25) is 0 Å². The first-order valence-corrected chi connectivity index (χ1v) is 22.3. The zero-order chi connectivity index (χ0) is 37.5. The van der Waals surface area contributed by atoms with Gasteiger partial charge in [0.2, 0.25) is 10.0 Å². The van der Waals surface area contributed by atoms with Gasteiger partial charge in [-0.2, -0.15) is 0 Å². The zero-order valence-corrected chi connectivity index (χ0v) is 33.7. The Morgan fingerprint density at radius 3 is 1.50 bits per heavy atom. The van der Waals surface area contributed by atoms with E-state index < -0.39 is 19.1 Å². The van der Waals surface area contributed by atoms with E-state index in [1.807, 2.05) is 12.1 Å². The second kappa shape index (κ2) is 15.3. The molecule has 1 aliphatic carbocycles. The number of sulfonamides is 1. The number of rotatable bonds is 8. The summed E-state index contributed by atoms with van der Waals surface area (Å²) in [6, 6.07) is 10.4. The Balaban J connectivity index is 0.000000181. The third kappa shape index (κ3) is 9.03. The van der Waals surface area contributed by atoms with Crippen LogP contribution in [-0.4, -0.2) is 68.4 Å². The van der Waals surface area contributed by atoms with Crippen LogP contribution in [0.5, 0.6) is 0 Å². The molecule has 0 amide bonds. The molecule has 0 bridgehead atoms. The van der Waals surface area contributed by atoms with Crippen molar-refractivity contribution in [3.63, 3.8) is 0 Å². The summed E-state index contributed by atoms with van der Waals surface area (Å²) >= 11 is 0. The van der Waals surface area contributed by atoms with Crippen LogP contribution in [0.25, 0.3) is 22.1 Å². The predicted octanol–water partition coefficient (Wildman–Crippen LogP) is 7.28. The Morgan fingerprint density at radius 1 is 0.692 bits per heavy atom. The van der Waals surface area contributed by atoms with Gasteiger partial charge in [-0.05, 0) is 86.8 Å². The molecule has 2 aliphatic heterocycles. The summed E-state index contributed by atoms with van der Waals surface area (Å²) in [5.74, 6) is 3.09. The monoisotopic (exact) mass is 775 g/mol. The largest absolute Gasteiger partial charge is 0.381 e. The highest BCUT2D eigenvalue weighted by Gasteiger charge is 2.29. The molecule has 1 saturated carbocycles. The standard InChI is InChI=1S/C21H31N3O3S.C17H23ClN2O3S/c1-21(2,3)20-22-18-13-17(28(25,26)23-16-5-4-6-16)7-8-19(18)24(20)14-15-9-11-27-12-10-15;1-17(2,3)16-19-14-10-13(24(18,21)22)4-5-15(14)20(16)11-12-6-8-23-9-7-12/h7-8,13,15-16,23H,4-6,9-12,14H2,1-3H3;4-5,10,12H,6-9,11H2,1-3H3. The summed E-state index contributed by atoms with van der Waals surface area (Å²) < 4.78 is 66.9. The maximum absolute atomic E-state index is 12.7. The highest BCUT2D eigenvalue weighted by atomic mass is 35.7. The van der Waals surface area contributed by atoms with Crippen LogP contribution in [0.1, 0.15) is 98.1 Å². The summed E-state index contributed by atoms with van der Waals surface area (Å²) in [7, 11) is -1.77. The number of imidazole rings is 2. The molecular formula is C38H54ClN5O6S2. The van der Waals surface area contributed by atoms with Gasteiger partial charge in [0.1, 0.15) is 11.6 Å². The second-order valence-electron chi connectivity index (χ2n) is 16.7. The van der Waals surface area contributed by atoms with Crippen LogP contribution in [0, 0.1) is 11.8 Å². The fourth-order valence-electron chi connectivity index (χ4n) is 7.24. The smallest absolute Gasteiger partial charge is 0.261 e. The van der Waals surface area contributed by atoms with E-state index in [2.05, 4.69) is 55.4 Å². The van der Waals surface area contributed by atoms with E-state index in [9.17, 15) is 16.8 Å². The van der Waals surface area contributed by atoms with Crippen molar-refractivity contribution in [3.05, 3.63) is 48.0 Å². The van der Waals surface area contributed by atoms with E-state index in [1.165, 1.54) is 0 Å². The molecule has 2 saturated heterocycles. The van der Waals surface area contributed by atoms with Gasteiger partial charge in [0.05, 0.1) is 31.9 Å². The van der Waals surface area contributed by atoms with Crippen molar-refractivity contribution in [1.82, 2.24) is 23.8 Å². The number of hydrogen-bond donors (Lipinski definition) is 1. The van der Waals surface area contributed by atoms with Crippen molar-refractivity contribution in [3.8, 4) is 0 Å². The first-order chi connectivity index (χ1) is 24.4. The molecule has 0 radical (unpaired) electrons. The lowest BCUT2D eigenvalue weighted by atomic mass is 9.94. The van der Waals surface area contributed by atoms with Crippen LogP contribution in [0.4, 0.5) is 0 Å². The summed E-state index contributed by atoms with van der Waals surface area (Å²) in [5.41, 5.74) is 3.15. The van der Waals surface area contributed by atoms with E-state index in [0.29, 0.717) is 22.2 Å². The van der Waals surface area contributed by atoms with Crippen LogP contribution in [0.3, 0.4) is 0 Å². The summed E-state index contributed by atoms with van der Waals surface area (Å²) in [5, 5.41) is 0. The maximum Gasteiger partial charge on any atom is 0.261 e. The van der Waals surface area contributed by atoms with Crippen molar-refractivity contribution in [1.29, 1.82) is 0 Å². The first kappa shape index (κ1) is 39.2. The number of halogens is 1. The van der Waals surface area contributed by atoms with Crippen LogP contribution in [-0.2, 0) is 52.5 Å². The number of fused-ring (bicyclic) bond motifs is 2. The average Bonchev–Trinajstić information content (AvgIpc) is 3.62. The summed E-state index contributed by atoms with van der Waals surface area (Å²) in [6.45, 7) is 17.8. The average molecular weight is 776 g/mol. The lowest BCUT2D eigenvalue weighted by molar-refractivity contribution is 0.0610. The van der Waals surface area contributed by atoms with Gasteiger partial charge in [-0.1, -0.05) is 48.0 Å². The fourth-order valence-corrected chi connectivity index (χ4v) is 9.34. The molecule has 1 N–H and O–H groups in total. The van der Waals surface area contributed by atoms with E-state index in [0.717, 1.165) is 113 Å². The van der Waals surface area contributed by atoms with Crippen LogP contribution < -0.4 is 4.72 Å². The van der Waals surface area contributed by atoms with Crippen LogP contribution >= 0.6 is 10.7 Å². The lowest BCUT2D eigenvalue weighted by Crippen LogP contribution is -2.39. The maximum atomic E-state index is 12.7. The van der Waals surface area contributed by atoms with Gasteiger partial charge in [0.15, 0.2) is 0 Å². The number of ether oxygens (including phenoxy) is 2. The Morgan fingerprint density at radius 2 is 1.12 bits per heavy atom. The molecule has 3 aliphatic rings. The van der Waals surface area contributed by atoms with Gasteiger partial charge in [0.25, 0.3) is 9.05 Å². The minimum absolute atomic E-state index is 0.0805. The second-order valence-corrected chi connectivity index (χ2v) is 21.0. The molecule has 0 spiro atoms. The summed E-state index contributed by atoms with van der Waals surface area (Å²) in [4.78, 5) is 10.0. The van der Waals surface area contributed by atoms with E-state index in [-0.39, 0.29) is 21.8 Å². The van der Waals surface area contributed by atoms with Gasteiger partial charge in [0, 0.05) is 67.1 Å². The lowest BCUT2D eigenvalue weighted by Gasteiger charge is -2.26. The molecule has 286 valence electrons. The highest BCUT2D eigenvalue weighted by Crippen LogP contribution is 2.33. The van der Waals surface area contributed by atoms with E-state index in [1.54, 1.807) is 24.3 Å². The Kier molecular flexibility index (Phi) is 11.5. The van der Waals surface area contributed by atoms with Gasteiger partial charge >= 0.3 is 0 Å². The third-order valence-electron chi connectivity index (χ3n) is 10.4. The molecule has 11 nitrogen and oxygen atoms in total. The molecule has 2 aromatic heterocycles. The summed E-state index contributed by atoms with van der Waals surface area (Å²) in [6.07, 6.45) is 7.14. The molecule has 0 unspecified atom stereocenters. The number of hydrogen-bond acceptors (Lipinski definition) is 8. The van der Waals surface area contributed by atoms with Crippen LogP contribution in [0.15, 0.2) is 46.2 Å². The topological polar surface area (TPSA) is 134 Å².